The number of aromatic amines is 2. The largest absolute Gasteiger partial charge is 0.352 e. The van der Waals surface area contributed by atoms with Crippen molar-refractivity contribution in [3.05, 3.63) is 60.4 Å². The average Bonchev–Trinajstić information content (AvgIpc) is 3.59. The summed E-state index contributed by atoms with van der Waals surface area (Å²) in [6.45, 7) is 1.54. The van der Waals surface area contributed by atoms with Gasteiger partial charge in [0, 0.05) is 46.5 Å². The second kappa shape index (κ2) is 7.65. The molecule has 0 amide bonds. The number of aromatic nitrogens is 7. The Morgan fingerprint density at radius 2 is 1.86 bits per heavy atom. The molecule has 0 aromatic carbocycles. The zero-order valence-electron chi connectivity index (χ0n) is 18.2. The van der Waals surface area contributed by atoms with Gasteiger partial charge in [-0.2, -0.15) is 9.49 Å². The minimum absolute atomic E-state index is 0.175. The van der Waals surface area contributed by atoms with Crippen molar-refractivity contribution in [2.24, 2.45) is 5.73 Å². The van der Waals surface area contributed by atoms with E-state index in [0.717, 1.165) is 73.9 Å². The van der Waals surface area contributed by atoms with Gasteiger partial charge >= 0.3 is 0 Å². The molecule has 6 aromatic rings. The first-order chi connectivity index (χ1) is 17.1. The third-order valence-electron chi connectivity index (χ3n) is 6.20. The Hall–Kier alpha value is -4.22. The summed E-state index contributed by atoms with van der Waals surface area (Å²) in [6.07, 6.45) is 8.72. The lowest BCUT2D eigenvalue weighted by molar-refractivity contribution is 0.514. The lowest BCUT2D eigenvalue weighted by Gasteiger charge is -2.37. The van der Waals surface area contributed by atoms with Gasteiger partial charge in [-0.05, 0) is 24.3 Å². The molecule has 0 spiro atoms. The fourth-order valence-electron chi connectivity index (χ4n) is 4.43. The molecule has 35 heavy (non-hydrogen) atoms. The molecular formula is C24H18FN9S. The standard InChI is InChI=1S/C24H18FN9S/c25-22-2-1-21(35-22)15-5-27-6-18-13(15)3-17(30-18)24-14-4-16(29-8-19(14)32-33-24)20-7-28-9-23(31-20)34-10-12(26)11-34/h1-9,12,30H,10-11,26H2,(H,32,33). The van der Waals surface area contributed by atoms with Crippen LogP contribution in [0.1, 0.15) is 0 Å². The molecule has 11 heteroatoms. The number of halogens is 1. The summed E-state index contributed by atoms with van der Waals surface area (Å²) in [5.74, 6) is 0.791. The van der Waals surface area contributed by atoms with Crippen LogP contribution < -0.4 is 10.6 Å². The van der Waals surface area contributed by atoms with Crippen molar-refractivity contribution in [2.45, 2.75) is 6.04 Å². The molecule has 0 aliphatic carbocycles. The third-order valence-corrected chi connectivity index (χ3v) is 7.11. The van der Waals surface area contributed by atoms with Crippen LogP contribution in [0.5, 0.6) is 0 Å². The van der Waals surface area contributed by atoms with E-state index in [-0.39, 0.29) is 11.2 Å². The summed E-state index contributed by atoms with van der Waals surface area (Å²) < 4.78 is 13.7. The number of H-pyrrole nitrogens is 2. The first kappa shape index (κ1) is 20.2. The summed E-state index contributed by atoms with van der Waals surface area (Å²) in [7, 11) is 0. The third kappa shape index (κ3) is 3.35. The molecule has 7 rings (SSSR count). The number of thiophene rings is 1. The normalized spacial score (nSPS) is 14.2. The first-order valence-corrected chi connectivity index (χ1v) is 11.8. The van der Waals surface area contributed by atoms with E-state index in [9.17, 15) is 4.39 Å². The van der Waals surface area contributed by atoms with Crippen molar-refractivity contribution in [2.75, 3.05) is 18.0 Å². The maximum absolute atomic E-state index is 13.7. The fraction of sp³-hybridized carbons (Fsp3) is 0.125. The van der Waals surface area contributed by atoms with Crippen LogP contribution in [0.25, 0.3) is 55.0 Å². The molecule has 0 bridgehead atoms. The van der Waals surface area contributed by atoms with Crippen molar-refractivity contribution in [3.8, 4) is 33.2 Å². The Morgan fingerprint density at radius 1 is 0.971 bits per heavy atom. The van der Waals surface area contributed by atoms with Crippen molar-refractivity contribution < 1.29 is 4.39 Å². The van der Waals surface area contributed by atoms with E-state index in [1.807, 2.05) is 12.1 Å². The molecule has 0 saturated carbocycles. The minimum Gasteiger partial charge on any atom is -0.352 e. The Bertz CT molecular complexity index is 1710. The number of fused-ring (bicyclic) bond motifs is 2. The van der Waals surface area contributed by atoms with Crippen LogP contribution in [-0.2, 0) is 0 Å². The number of anilines is 1. The summed E-state index contributed by atoms with van der Waals surface area (Å²) in [6, 6.07) is 7.40. The van der Waals surface area contributed by atoms with Crippen molar-refractivity contribution >= 4 is 39.0 Å². The molecular weight excluding hydrogens is 465 g/mol. The molecule has 1 fully saturated rings. The van der Waals surface area contributed by atoms with Crippen LogP contribution >= 0.6 is 11.3 Å². The number of nitrogens with two attached hydrogens (primary N) is 1. The monoisotopic (exact) mass is 483 g/mol. The van der Waals surface area contributed by atoms with Crippen LogP contribution in [0.4, 0.5) is 10.2 Å². The molecule has 9 nitrogen and oxygen atoms in total. The molecule has 0 unspecified atom stereocenters. The summed E-state index contributed by atoms with van der Waals surface area (Å²) in [4.78, 5) is 24.3. The zero-order valence-corrected chi connectivity index (χ0v) is 19.1. The second-order valence-corrected chi connectivity index (χ2v) is 9.58. The number of pyridine rings is 2. The Kier molecular flexibility index (Phi) is 4.41. The van der Waals surface area contributed by atoms with E-state index in [2.05, 4.69) is 35.0 Å². The molecule has 1 saturated heterocycles. The molecule has 1 aliphatic rings. The number of hydrogen-bond donors (Lipinski definition) is 3. The molecule has 4 N–H and O–H groups in total. The highest BCUT2D eigenvalue weighted by atomic mass is 32.1. The quantitative estimate of drug-likeness (QED) is 0.346. The van der Waals surface area contributed by atoms with Crippen LogP contribution in [0.2, 0.25) is 0 Å². The van der Waals surface area contributed by atoms with Gasteiger partial charge in [-0.25, -0.2) is 4.98 Å². The summed E-state index contributed by atoms with van der Waals surface area (Å²) >= 11 is 1.10. The lowest BCUT2D eigenvalue weighted by atomic mass is 10.1. The first-order valence-electron chi connectivity index (χ1n) is 11.0. The molecule has 1 aliphatic heterocycles. The number of nitrogens with zero attached hydrogens (tertiary/aromatic N) is 6. The highest BCUT2D eigenvalue weighted by Crippen LogP contribution is 2.36. The van der Waals surface area contributed by atoms with E-state index in [1.54, 1.807) is 37.1 Å². The zero-order chi connectivity index (χ0) is 23.5. The van der Waals surface area contributed by atoms with E-state index in [4.69, 9.17) is 10.7 Å². The lowest BCUT2D eigenvalue weighted by Crippen LogP contribution is -2.56. The van der Waals surface area contributed by atoms with E-state index in [0.29, 0.717) is 11.4 Å². The fourth-order valence-corrected chi connectivity index (χ4v) is 5.18. The van der Waals surface area contributed by atoms with Gasteiger partial charge in [0.25, 0.3) is 0 Å². The SMILES string of the molecule is NC1CN(c2cncc(-c3cc4c(-c5cc6c(-c7ccc(F)s7)cncc6[nH]5)n[nH]c4cn3)n2)C1. The molecule has 172 valence electrons. The van der Waals surface area contributed by atoms with Gasteiger partial charge in [0.2, 0.25) is 0 Å². The van der Waals surface area contributed by atoms with Crippen LogP contribution in [0, 0.1) is 5.13 Å². The van der Waals surface area contributed by atoms with Crippen molar-refractivity contribution in [3.63, 3.8) is 0 Å². The van der Waals surface area contributed by atoms with Gasteiger partial charge in [0.15, 0.2) is 5.13 Å². The van der Waals surface area contributed by atoms with Gasteiger partial charge in [0.1, 0.15) is 17.2 Å². The Balaban J connectivity index is 1.31. The highest BCUT2D eigenvalue weighted by Gasteiger charge is 2.25. The summed E-state index contributed by atoms with van der Waals surface area (Å²) in [5.41, 5.74) is 11.4. The molecule has 6 aromatic heterocycles. The van der Waals surface area contributed by atoms with Crippen molar-refractivity contribution in [1.82, 2.24) is 35.1 Å². The Morgan fingerprint density at radius 3 is 2.69 bits per heavy atom. The summed E-state index contributed by atoms with van der Waals surface area (Å²) in [5, 5.41) is 9.23. The maximum atomic E-state index is 13.7. The van der Waals surface area contributed by atoms with Gasteiger partial charge in [-0.1, -0.05) is 0 Å². The predicted molar refractivity (Wildman–Crippen MR) is 133 cm³/mol. The van der Waals surface area contributed by atoms with Gasteiger partial charge in [-0.3, -0.25) is 20.1 Å². The average molecular weight is 484 g/mol. The van der Waals surface area contributed by atoms with Gasteiger partial charge in [-0.15, -0.1) is 11.3 Å². The van der Waals surface area contributed by atoms with E-state index in [1.165, 1.54) is 6.07 Å². The van der Waals surface area contributed by atoms with Crippen molar-refractivity contribution in [1.29, 1.82) is 0 Å². The maximum Gasteiger partial charge on any atom is 0.176 e. The van der Waals surface area contributed by atoms with Crippen LogP contribution in [0.3, 0.4) is 0 Å². The highest BCUT2D eigenvalue weighted by molar-refractivity contribution is 7.14. The van der Waals surface area contributed by atoms with E-state index < -0.39 is 0 Å². The number of hydrogen-bond acceptors (Lipinski definition) is 8. The van der Waals surface area contributed by atoms with E-state index >= 15 is 0 Å². The second-order valence-electron chi connectivity index (χ2n) is 8.55. The smallest absolute Gasteiger partial charge is 0.176 e. The minimum atomic E-state index is -0.227. The van der Waals surface area contributed by atoms with Crippen LogP contribution in [0.15, 0.2) is 55.2 Å². The number of nitrogens with one attached hydrogen (secondary N) is 2. The molecule has 0 radical (unpaired) electrons. The van der Waals surface area contributed by atoms with Gasteiger partial charge in [0.05, 0.1) is 47.2 Å². The molecule has 7 heterocycles. The number of rotatable bonds is 4. The predicted octanol–water partition coefficient (Wildman–Crippen LogP) is 3.97. The van der Waals surface area contributed by atoms with Crippen LogP contribution in [-0.4, -0.2) is 54.2 Å². The molecule has 0 atom stereocenters. The Labute approximate surface area is 201 Å². The van der Waals surface area contributed by atoms with Gasteiger partial charge < -0.3 is 15.6 Å². The topological polar surface area (TPSA) is 125 Å².